The van der Waals surface area contributed by atoms with Gasteiger partial charge in [0.1, 0.15) is 42.5 Å². The maximum atomic E-state index is 12.5. The van der Waals surface area contributed by atoms with Gasteiger partial charge in [-0.25, -0.2) is 0 Å². The second-order valence-corrected chi connectivity index (χ2v) is 21.7. The normalized spacial score (nSPS) is 13.3. The number of hydrogen-bond acceptors (Lipinski definition) is 20. The van der Waals surface area contributed by atoms with Crippen molar-refractivity contribution in [3.63, 3.8) is 0 Å². The molecule has 0 aliphatic rings. The van der Waals surface area contributed by atoms with Crippen LogP contribution in [0, 0.1) is 0 Å². The topological polar surface area (TPSA) is 457 Å². The summed E-state index contributed by atoms with van der Waals surface area (Å²) in [5.74, 6) is -4.43. The van der Waals surface area contributed by atoms with Crippen LogP contribution >= 0.6 is 0 Å². The number of rotatable bonds is 12. The molecule has 33 heteroatoms. The minimum absolute atomic E-state index is 0. The molecular weight excluding hydrogens is 1030 g/mol. The summed E-state index contributed by atoms with van der Waals surface area (Å²) in [6, 6.07) is 8.51. The summed E-state index contributed by atoms with van der Waals surface area (Å²) >= 11 is 0. The summed E-state index contributed by atoms with van der Waals surface area (Å²) in [7, 11) is -31.1. The van der Waals surface area contributed by atoms with Crippen molar-refractivity contribution < 1.29 is 128 Å². The largest absolute Gasteiger partial charge is 1.00 e. The first-order valence-corrected chi connectivity index (χ1v) is 25.5. The van der Waals surface area contributed by atoms with E-state index in [1.165, 1.54) is 0 Å². The number of nitrogens with zero attached hydrogens (tertiary/aromatic N) is 4. The van der Waals surface area contributed by atoms with Crippen LogP contribution in [0.3, 0.4) is 0 Å². The Balaban J connectivity index is 0.00000840. The van der Waals surface area contributed by atoms with Gasteiger partial charge < -0.3 is 20.4 Å². The summed E-state index contributed by atoms with van der Waals surface area (Å²) in [4.78, 5) is -6.23. The van der Waals surface area contributed by atoms with Gasteiger partial charge in [0.05, 0.1) is 31.9 Å². The van der Waals surface area contributed by atoms with E-state index in [1.54, 1.807) is 0 Å². The van der Waals surface area contributed by atoms with Gasteiger partial charge in [-0.05, 0) is 70.4 Å². The third-order valence-electron chi connectivity index (χ3n) is 8.88. The van der Waals surface area contributed by atoms with Crippen molar-refractivity contribution in [3.8, 4) is 23.0 Å². The average molecular weight is 1060 g/mol. The number of benzene rings is 6. The Labute approximate surface area is 398 Å². The molecule has 0 aliphatic carbocycles. The molecule has 6 aromatic rings. The van der Waals surface area contributed by atoms with Crippen LogP contribution in [0.5, 0.6) is 23.0 Å². The van der Waals surface area contributed by atoms with Gasteiger partial charge in [0, 0.05) is 12.1 Å². The van der Waals surface area contributed by atoms with Gasteiger partial charge in [0.2, 0.25) is 0 Å². The molecule has 0 unspecified atom stereocenters. The van der Waals surface area contributed by atoms with Gasteiger partial charge in [0.25, 0.3) is 60.7 Å². The van der Waals surface area contributed by atoms with Crippen molar-refractivity contribution in [2.45, 2.75) is 29.4 Å². The molecule has 0 saturated carbocycles. The first-order chi connectivity index (χ1) is 30.2. The zero-order valence-corrected chi connectivity index (χ0v) is 39.6. The minimum atomic E-state index is -5.34. The first kappa shape index (κ1) is 52.4. The molecule has 0 aromatic heterocycles. The van der Waals surface area contributed by atoms with Crippen molar-refractivity contribution in [1.29, 1.82) is 0 Å². The van der Waals surface area contributed by atoms with E-state index in [9.17, 15) is 98.2 Å². The van der Waals surface area contributed by atoms with Gasteiger partial charge >= 0.3 is 29.6 Å². The van der Waals surface area contributed by atoms with Crippen molar-refractivity contribution >= 4 is 117 Å². The SMILES string of the molecule is O=S(=O)(O)c1cc(O)c2c(O)c(N=Nc3ccc(/C=C/c4ccc(N=Nc5c(S(=O)(=O)O)cc6cc(S(=O)(=O)O)cc(O)c6c5O)cc4S(=O)(=O)O)c(S(=O)(=O)O)c3)c(S(=O)(=O)O)cc2c1.[Na+]. The predicted octanol–water partition coefficient (Wildman–Crippen LogP) is 2.30. The molecule has 348 valence electrons. The fourth-order valence-electron chi connectivity index (χ4n) is 6.05. The Hall–Kier alpha value is -5.56. The molecule has 0 aliphatic heterocycles. The summed E-state index contributed by atoms with van der Waals surface area (Å²) in [6.07, 6.45) is 1.80. The molecule has 0 fully saturated rings. The second kappa shape index (κ2) is 18.2. The van der Waals surface area contributed by atoms with Crippen LogP contribution in [0.25, 0.3) is 33.7 Å². The summed E-state index contributed by atoms with van der Waals surface area (Å²) < 4.78 is 204. The molecule has 0 bridgehead atoms. The van der Waals surface area contributed by atoms with Crippen molar-refractivity contribution in [2.24, 2.45) is 20.5 Å². The molecule has 0 radical (unpaired) electrons. The minimum Gasteiger partial charge on any atom is -0.507 e. The second-order valence-electron chi connectivity index (χ2n) is 13.3. The van der Waals surface area contributed by atoms with E-state index in [4.69, 9.17) is 0 Å². The van der Waals surface area contributed by atoms with E-state index in [0.29, 0.717) is 48.5 Å². The molecule has 26 nitrogen and oxygen atoms in total. The van der Waals surface area contributed by atoms with Gasteiger partial charge in [-0.1, -0.05) is 24.3 Å². The van der Waals surface area contributed by atoms with Gasteiger partial charge in [-0.2, -0.15) is 60.7 Å². The Kier molecular flexibility index (Phi) is 14.2. The van der Waals surface area contributed by atoms with E-state index in [2.05, 4.69) is 20.5 Å². The van der Waals surface area contributed by atoms with Crippen LogP contribution in [0.1, 0.15) is 11.1 Å². The van der Waals surface area contributed by atoms with E-state index >= 15 is 0 Å². The number of phenols is 4. The summed E-state index contributed by atoms with van der Waals surface area (Å²) in [5, 5.41) is 54.5. The fourth-order valence-corrected chi connectivity index (χ4v) is 9.84. The van der Waals surface area contributed by atoms with Crippen LogP contribution in [-0.4, -0.2) is 98.2 Å². The zero-order valence-electron chi connectivity index (χ0n) is 32.7. The smallest absolute Gasteiger partial charge is 0.507 e. The van der Waals surface area contributed by atoms with E-state index < -0.39 is 169 Å². The third-order valence-corrected chi connectivity index (χ3v) is 14.1. The molecule has 0 spiro atoms. The standard InChI is InChI=1S/C34H24N4O22S6.Na/c39-23-13-21(61(43,44)45)7-17-9-27(65(55,56)57)31(33(41)29(17)23)37-35-19-5-3-15(25(11-19)63(49,50)51)1-2-16-4-6-20(12-26(16)64(52,53)54)36-38-32-28(66(58,59)60)10-18-8-22(62(46,47)48)14-24(40)30(18)34(32)42;/h1-14,39-42H,(H,43,44,45)(H,46,47,48)(H,49,50,51)(H,52,53,54)(H,55,56,57)(H,58,59,60);/q;+1/b2-1+,37-35?,38-36?;. The Morgan fingerprint density at radius 2 is 0.687 bits per heavy atom. The molecular formula is C34H24N4NaO22S6+. The summed E-state index contributed by atoms with van der Waals surface area (Å²) in [5.41, 5.74) is -3.97. The van der Waals surface area contributed by atoms with Crippen LogP contribution in [0.15, 0.2) is 123 Å². The number of hydrogen-bond donors (Lipinski definition) is 10. The number of fused-ring (bicyclic) bond motifs is 2. The number of azo groups is 2. The monoisotopic (exact) mass is 1050 g/mol. The van der Waals surface area contributed by atoms with Crippen molar-refractivity contribution in [1.82, 2.24) is 0 Å². The fraction of sp³-hybridized carbons (Fsp3) is 0. The quantitative estimate of drug-likeness (QED) is 0.0364. The van der Waals surface area contributed by atoms with Crippen LogP contribution in [-0.2, 0) is 60.7 Å². The van der Waals surface area contributed by atoms with E-state index in [-0.39, 0.29) is 29.6 Å². The molecule has 0 amide bonds. The average Bonchev–Trinajstić information content (AvgIpc) is 3.16. The Morgan fingerprint density at radius 3 is 0.970 bits per heavy atom. The Morgan fingerprint density at radius 1 is 0.373 bits per heavy atom. The van der Waals surface area contributed by atoms with Gasteiger partial charge in [-0.15, -0.1) is 10.2 Å². The molecule has 10 N–H and O–H groups in total. The maximum absolute atomic E-state index is 12.5. The summed E-state index contributed by atoms with van der Waals surface area (Å²) in [6.45, 7) is 0. The maximum Gasteiger partial charge on any atom is 1.00 e. The third kappa shape index (κ3) is 11.3. The first-order valence-electron chi connectivity index (χ1n) is 16.9. The molecule has 67 heavy (non-hydrogen) atoms. The van der Waals surface area contributed by atoms with E-state index in [1.807, 2.05) is 0 Å². The van der Waals surface area contributed by atoms with Crippen LogP contribution in [0.4, 0.5) is 22.7 Å². The molecule has 6 aromatic carbocycles. The zero-order chi connectivity index (χ0) is 49.3. The number of aromatic hydroxyl groups is 4. The Bertz CT molecular complexity index is 3670. The van der Waals surface area contributed by atoms with Crippen LogP contribution in [0.2, 0.25) is 0 Å². The van der Waals surface area contributed by atoms with E-state index in [0.717, 1.165) is 36.4 Å². The molecule has 0 saturated heterocycles. The van der Waals surface area contributed by atoms with Gasteiger partial charge in [-0.3, -0.25) is 27.3 Å². The molecule has 0 heterocycles. The number of phenolic OH excluding ortho intramolecular Hbond substituents is 4. The molecule has 0 atom stereocenters. The van der Waals surface area contributed by atoms with Crippen molar-refractivity contribution in [2.75, 3.05) is 0 Å². The van der Waals surface area contributed by atoms with Gasteiger partial charge in [0.15, 0.2) is 11.5 Å². The van der Waals surface area contributed by atoms with Crippen molar-refractivity contribution in [3.05, 3.63) is 83.9 Å². The molecule has 6 rings (SSSR count). The predicted molar refractivity (Wildman–Crippen MR) is 224 cm³/mol. The van der Waals surface area contributed by atoms with Crippen LogP contribution < -0.4 is 29.6 Å².